The summed E-state index contributed by atoms with van der Waals surface area (Å²) in [5, 5.41) is 13.7. The van der Waals surface area contributed by atoms with E-state index in [1.807, 2.05) is 6.92 Å². The first-order valence-corrected chi connectivity index (χ1v) is 12.5. The number of aliphatic carboxylic acids is 1. The Morgan fingerprint density at radius 2 is 1.86 bits per heavy atom. The second-order valence-electron chi connectivity index (χ2n) is 10.0. The molecule has 1 atom stereocenters. The number of carboxylic acids is 1. The summed E-state index contributed by atoms with van der Waals surface area (Å²) in [7, 11) is 0. The molecule has 7 heteroatoms. The Labute approximate surface area is 205 Å². The molecular weight excluding hydrogens is 438 g/mol. The molecule has 1 fully saturated rings. The van der Waals surface area contributed by atoms with Gasteiger partial charge in [-0.05, 0) is 67.2 Å². The highest BCUT2D eigenvalue weighted by atomic mass is 16.4. The van der Waals surface area contributed by atoms with Gasteiger partial charge in [0.15, 0.2) is 5.79 Å². The number of rotatable bonds is 5. The molecule has 1 saturated heterocycles. The number of benzene rings is 2. The lowest BCUT2D eigenvalue weighted by molar-refractivity contribution is -0.132. The Bertz CT molecular complexity index is 1330. The van der Waals surface area contributed by atoms with Gasteiger partial charge < -0.3 is 15.4 Å². The van der Waals surface area contributed by atoms with Crippen molar-refractivity contribution in [2.75, 3.05) is 19.6 Å². The van der Waals surface area contributed by atoms with Gasteiger partial charge in [0.25, 0.3) is 0 Å². The second-order valence-corrected chi connectivity index (χ2v) is 10.0. The predicted octanol–water partition coefficient (Wildman–Crippen LogP) is 4.11. The van der Waals surface area contributed by atoms with Gasteiger partial charge in [0.1, 0.15) is 0 Å². The normalized spacial score (nSPS) is 22.7. The van der Waals surface area contributed by atoms with E-state index in [4.69, 9.17) is 0 Å². The smallest absolute Gasteiger partial charge is 0.338 e. The fourth-order valence-corrected chi connectivity index (χ4v) is 5.54. The zero-order valence-corrected chi connectivity index (χ0v) is 20.1. The zero-order valence-electron chi connectivity index (χ0n) is 20.1. The Balaban J connectivity index is 1.24. The average molecular weight is 470 g/mol. The van der Waals surface area contributed by atoms with Crippen LogP contribution in [-0.2, 0) is 24.3 Å². The largest absolute Gasteiger partial charge is 0.478 e. The van der Waals surface area contributed by atoms with Crippen LogP contribution < -0.4 is 5.32 Å². The minimum Gasteiger partial charge on any atom is -0.478 e. The van der Waals surface area contributed by atoms with Crippen LogP contribution in [0.2, 0.25) is 0 Å². The van der Waals surface area contributed by atoms with Gasteiger partial charge in [-0.25, -0.2) is 9.79 Å². The molecule has 0 saturated carbocycles. The highest BCUT2D eigenvalue weighted by Crippen LogP contribution is 2.34. The number of nitrogens with one attached hydrogen (secondary N) is 2. The summed E-state index contributed by atoms with van der Waals surface area (Å²) in [5.41, 5.74) is 7.73. The Hall–Kier alpha value is -3.42. The van der Waals surface area contributed by atoms with Gasteiger partial charge in [-0.1, -0.05) is 30.3 Å². The van der Waals surface area contributed by atoms with E-state index < -0.39 is 11.8 Å². The van der Waals surface area contributed by atoms with E-state index in [9.17, 15) is 9.90 Å². The molecule has 180 valence electrons. The number of aromatic nitrogens is 1. The molecule has 0 aliphatic carbocycles. The van der Waals surface area contributed by atoms with Crippen molar-refractivity contribution >= 4 is 23.1 Å². The van der Waals surface area contributed by atoms with E-state index in [0.29, 0.717) is 0 Å². The molecule has 0 spiro atoms. The molecule has 3 N–H and O–H groups in total. The number of carbonyl (C=O) groups is 1. The molecule has 3 aliphatic heterocycles. The summed E-state index contributed by atoms with van der Waals surface area (Å²) in [6, 6.07) is 15.7. The number of fused-ring (bicyclic) bond motifs is 3. The molecular formula is C28H31N5O2. The summed E-state index contributed by atoms with van der Waals surface area (Å²) in [5.74, 6) is -1.64. The fraction of sp³-hybridized carbons (Fsp3) is 0.357. The minimum atomic E-state index is -0.975. The predicted molar refractivity (Wildman–Crippen MR) is 138 cm³/mol. The van der Waals surface area contributed by atoms with Crippen LogP contribution >= 0.6 is 0 Å². The van der Waals surface area contributed by atoms with Crippen molar-refractivity contribution in [3.8, 4) is 11.1 Å². The topological polar surface area (TPSA) is 84.0 Å². The monoisotopic (exact) mass is 469 g/mol. The third-order valence-corrected chi connectivity index (χ3v) is 7.69. The van der Waals surface area contributed by atoms with E-state index in [1.54, 1.807) is 6.20 Å². The van der Waals surface area contributed by atoms with Crippen molar-refractivity contribution in [1.29, 1.82) is 0 Å². The Morgan fingerprint density at radius 3 is 2.57 bits per heavy atom. The highest BCUT2D eigenvalue weighted by Gasteiger charge is 2.35. The molecule has 1 aromatic heterocycles. The van der Waals surface area contributed by atoms with Crippen molar-refractivity contribution in [1.82, 2.24) is 20.1 Å². The summed E-state index contributed by atoms with van der Waals surface area (Å²) in [6.07, 6.45) is 6.53. The lowest BCUT2D eigenvalue weighted by Gasteiger charge is -2.41. The first-order chi connectivity index (χ1) is 17.0. The molecule has 4 heterocycles. The fourth-order valence-electron chi connectivity index (χ4n) is 5.54. The molecule has 0 amide bonds. The van der Waals surface area contributed by atoms with Crippen molar-refractivity contribution in [3.05, 3.63) is 71.1 Å². The van der Waals surface area contributed by atoms with E-state index in [0.717, 1.165) is 31.6 Å². The van der Waals surface area contributed by atoms with Gasteiger partial charge in [0.05, 0.1) is 5.57 Å². The average Bonchev–Trinajstić information content (AvgIpc) is 3.51. The lowest BCUT2D eigenvalue weighted by Crippen LogP contribution is -2.56. The summed E-state index contributed by atoms with van der Waals surface area (Å²) >= 11 is 0. The first kappa shape index (κ1) is 22.1. The molecule has 35 heavy (non-hydrogen) atoms. The van der Waals surface area contributed by atoms with E-state index in [2.05, 4.69) is 67.6 Å². The van der Waals surface area contributed by atoms with Crippen LogP contribution in [0.3, 0.4) is 0 Å². The van der Waals surface area contributed by atoms with Crippen molar-refractivity contribution < 1.29 is 9.90 Å². The van der Waals surface area contributed by atoms with Gasteiger partial charge in [-0.2, -0.15) is 0 Å². The number of likely N-dealkylation sites (tertiary alicyclic amines) is 1. The van der Waals surface area contributed by atoms with E-state index in [1.165, 1.54) is 65.5 Å². The van der Waals surface area contributed by atoms with Crippen LogP contribution in [0.25, 0.3) is 22.0 Å². The molecule has 1 unspecified atom stereocenters. The van der Waals surface area contributed by atoms with Crippen LogP contribution in [0.4, 0.5) is 0 Å². The standard InChI is InChI=1S/C28H31N5O2/c1-28(29-15-22(16-30-28)27(34)35)33-13-10-26-24(18-33)23-14-21(8-9-25(23)31-26)20-6-4-19(5-7-20)17-32-11-2-3-12-32/h4-9,14-16,29,31H,2-3,10-13,17-18H2,1H3,(H,34,35). The van der Waals surface area contributed by atoms with Crippen LogP contribution in [0.5, 0.6) is 0 Å². The maximum Gasteiger partial charge on any atom is 0.338 e. The van der Waals surface area contributed by atoms with E-state index >= 15 is 0 Å². The number of aromatic amines is 1. The third-order valence-electron chi connectivity index (χ3n) is 7.69. The van der Waals surface area contributed by atoms with Crippen molar-refractivity contribution in [3.63, 3.8) is 0 Å². The molecule has 3 aliphatic rings. The first-order valence-electron chi connectivity index (χ1n) is 12.5. The maximum absolute atomic E-state index is 11.2. The van der Waals surface area contributed by atoms with Gasteiger partial charge in [-0.15, -0.1) is 0 Å². The number of aliphatic imine (C=N–C) groups is 1. The Kier molecular flexibility index (Phi) is 5.46. The Morgan fingerprint density at radius 1 is 1.09 bits per heavy atom. The number of hydrogen-bond acceptors (Lipinski definition) is 5. The van der Waals surface area contributed by atoms with Crippen LogP contribution in [0.15, 0.2) is 59.2 Å². The summed E-state index contributed by atoms with van der Waals surface area (Å²) in [4.78, 5) is 24.2. The molecule has 6 rings (SSSR count). The SMILES string of the molecule is CC1(N2CCc3[nH]c4ccc(-c5ccc(CN6CCCC6)cc5)cc4c3C2)N=CC(C(=O)O)=CN1. The molecule has 7 nitrogen and oxygen atoms in total. The number of carboxylic acid groups (broad SMARTS) is 1. The van der Waals surface area contributed by atoms with Crippen LogP contribution in [0, 0.1) is 0 Å². The van der Waals surface area contributed by atoms with Crippen molar-refractivity contribution in [2.45, 2.75) is 45.1 Å². The molecule has 2 aromatic carbocycles. The summed E-state index contributed by atoms with van der Waals surface area (Å²) < 4.78 is 0. The molecule has 0 radical (unpaired) electrons. The zero-order chi connectivity index (χ0) is 24.0. The quantitative estimate of drug-likeness (QED) is 0.524. The highest BCUT2D eigenvalue weighted by molar-refractivity contribution is 6.08. The molecule has 3 aromatic rings. The lowest BCUT2D eigenvalue weighted by atomic mass is 9.98. The maximum atomic E-state index is 11.2. The second kappa shape index (κ2) is 8.66. The number of nitrogens with zero attached hydrogens (tertiary/aromatic N) is 3. The van der Waals surface area contributed by atoms with Gasteiger partial charge in [-0.3, -0.25) is 9.80 Å². The van der Waals surface area contributed by atoms with Gasteiger partial charge in [0.2, 0.25) is 0 Å². The number of hydrogen-bond donors (Lipinski definition) is 3. The van der Waals surface area contributed by atoms with Crippen molar-refractivity contribution in [2.24, 2.45) is 4.99 Å². The third kappa shape index (κ3) is 4.15. The van der Waals surface area contributed by atoms with Crippen LogP contribution in [-0.4, -0.2) is 57.5 Å². The van der Waals surface area contributed by atoms with E-state index in [-0.39, 0.29) is 5.57 Å². The van der Waals surface area contributed by atoms with Gasteiger partial charge in [0, 0.05) is 55.1 Å². The number of H-pyrrole nitrogens is 1. The molecule has 0 bridgehead atoms. The minimum absolute atomic E-state index is 0.170. The van der Waals surface area contributed by atoms with Gasteiger partial charge >= 0.3 is 5.97 Å². The van der Waals surface area contributed by atoms with Crippen LogP contribution in [0.1, 0.15) is 36.6 Å². The summed E-state index contributed by atoms with van der Waals surface area (Å²) in [6.45, 7) is 7.04.